The molecule has 0 saturated carbocycles. The Hall–Kier alpha value is -2.23. The third-order valence-corrected chi connectivity index (χ3v) is 6.32. The molecule has 1 fully saturated rings. The number of hydrogen-bond acceptors (Lipinski definition) is 5. The zero-order chi connectivity index (χ0) is 23.1. The first kappa shape index (κ1) is 22.9. The standard InChI is InChI=1S/C21H20Cl2F3N3O3/c22-14-2-3-16(13-1-4-17(30)28-18(13)14)32-11-20(31)5-7-29(8-6-20)19-15(23)9-12(10-27-19)21(24,25)26/h2-3,9-10,31H,1,4-8,11H2,(H,28,30). The summed E-state index contributed by atoms with van der Waals surface area (Å²) < 4.78 is 44.4. The molecular formula is C21H20Cl2F3N3O3. The number of carbonyl (C=O) groups is 1. The fourth-order valence-electron chi connectivity index (χ4n) is 3.87. The van der Waals surface area contributed by atoms with Crippen molar-refractivity contribution in [3.8, 4) is 5.75 Å². The number of aromatic nitrogens is 1. The van der Waals surface area contributed by atoms with Gasteiger partial charge in [-0.1, -0.05) is 23.2 Å². The van der Waals surface area contributed by atoms with E-state index in [9.17, 15) is 23.1 Å². The SMILES string of the molecule is O=C1CCc2c(OCC3(O)CCN(c4ncc(C(F)(F)F)cc4Cl)CC3)ccc(Cl)c2N1. The van der Waals surface area contributed by atoms with Crippen molar-refractivity contribution in [1.82, 2.24) is 4.98 Å². The first-order valence-electron chi connectivity index (χ1n) is 10.00. The second-order valence-corrected chi connectivity index (χ2v) is 8.79. The van der Waals surface area contributed by atoms with Crippen molar-refractivity contribution < 1.29 is 27.8 Å². The van der Waals surface area contributed by atoms with Crippen LogP contribution in [-0.4, -0.2) is 41.3 Å². The van der Waals surface area contributed by atoms with Crippen LogP contribution in [0.15, 0.2) is 24.4 Å². The highest BCUT2D eigenvalue weighted by Crippen LogP contribution is 2.38. The van der Waals surface area contributed by atoms with Crippen molar-refractivity contribution >= 4 is 40.6 Å². The van der Waals surface area contributed by atoms with Crippen molar-refractivity contribution in [3.05, 3.63) is 45.6 Å². The van der Waals surface area contributed by atoms with E-state index in [1.54, 1.807) is 17.0 Å². The molecule has 2 N–H and O–H groups in total. The minimum atomic E-state index is -4.52. The lowest BCUT2D eigenvalue weighted by Gasteiger charge is -2.39. The number of amides is 1. The molecule has 1 aromatic heterocycles. The van der Waals surface area contributed by atoms with Gasteiger partial charge in [0.05, 0.1) is 21.3 Å². The third kappa shape index (κ3) is 4.74. The average Bonchev–Trinajstić information content (AvgIpc) is 2.74. The Morgan fingerprint density at radius 2 is 1.91 bits per heavy atom. The summed E-state index contributed by atoms with van der Waals surface area (Å²) in [7, 11) is 0. The van der Waals surface area contributed by atoms with Crippen molar-refractivity contribution in [1.29, 1.82) is 0 Å². The predicted octanol–water partition coefficient (Wildman–Crippen LogP) is 4.70. The minimum absolute atomic E-state index is 0.0248. The van der Waals surface area contributed by atoms with Gasteiger partial charge in [-0.25, -0.2) is 4.98 Å². The molecule has 2 aliphatic heterocycles. The lowest BCUT2D eigenvalue weighted by atomic mass is 9.92. The van der Waals surface area contributed by atoms with Gasteiger partial charge in [-0.2, -0.15) is 13.2 Å². The smallest absolute Gasteiger partial charge is 0.417 e. The van der Waals surface area contributed by atoms with Gasteiger partial charge in [-0.05, 0) is 37.5 Å². The number of halogens is 5. The number of pyridine rings is 1. The molecular weight excluding hydrogens is 470 g/mol. The van der Waals surface area contributed by atoms with Gasteiger partial charge >= 0.3 is 6.18 Å². The van der Waals surface area contributed by atoms with E-state index in [2.05, 4.69) is 10.3 Å². The molecule has 0 bridgehead atoms. The summed E-state index contributed by atoms with van der Waals surface area (Å²) in [6, 6.07) is 4.20. The highest BCUT2D eigenvalue weighted by Gasteiger charge is 2.36. The molecule has 1 amide bonds. The lowest BCUT2D eigenvalue weighted by Crippen LogP contribution is -2.48. The summed E-state index contributed by atoms with van der Waals surface area (Å²) in [5.74, 6) is 0.691. The van der Waals surface area contributed by atoms with Gasteiger partial charge in [-0.15, -0.1) is 0 Å². The fourth-order valence-corrected chi connectivity index (χ4v) is 4.38. The summed E-state index contributed by atoms with van der Waals surface area (Å²) in [6.45, 7) is 0.733. The minimum Gasteiger partial charge on any atom is -0.490 e. The van der Waals surface area contributed by atoms with Crippen LogP contribution in [0, 0.1) is 0 Å². The van der Waals surface area contributed by atoms with Gasteiger partial charge in [-0.3, -0.25) is 4.79 Å². The monoisotopic (exact) mass is 489 g/mol. The number of ether oxygens (including phenoxy) is 1. The van der Waals surface area contributed by atoms with Gasteiger partial charge in [0.25, 0.3) is 0 Å². The van der Waals surface area contributed by atoms with Crippen LogP contribution in [0.3, 0.4) is 0 Å². The summed E-state index contributed by atoms with van der Waals surface area (Å²) in [5, 5.41) is 14.1. The number of anilines is 2. The molecule has 172 valence electrons. The Balaban J connectivity index is 1.40. The number of nitrogens with one attached hydrogen (secondary N) is 1. The topological polar surface area (TPSA) is 74.7 Å². The maximum atomic E-state index is 12.8. The van der Waals surface area contributed by atoms with Crippen LogP contribution in [0.1, 0.15) is 30.4 Å². The second-order valence-electron chi connectivity index (χ2n) is 7.97. The van der Waals surface area contributed by atoms with Crippen molar-refractivity contribution in [2.75, 3.05) is 29.9 Å². The zero-order valence-corrected chi connectivity index (χ0v) is 18.3. The molecule has 2 aromatic rings. The largest absolute Gasteiger partial charge is 0.490 e. The van der Waals surface area contributed by atoms with E-state index in [1.807, 2.05) is 0 Å². The molecule has 11 heteroatoms. The van der Waals surface area contributed by atoms with E-state index < -0.39 is 17.3 Å². The van der Waals surface area contributed by atoms with Crippen molar-refractivity contribution in [2.24, 2.45) is 0 Å². The number of aliphatic hydroxyl groups is 1. The lowest BCUT2D eigenvalue weighted by molar-refractivity contribution is -0.137. The van der Waals surface area contributed by atoms with E-state index in [-0.39, 0.29) is 23.4 Å². The first-order valence-corrected chi connectivity index (χ1v) is 10.8. The van der Waals surface area contributed by atoms with Gasteiger partial charge in [0.15, 0.2) is 0 Å². The quantitative estimate of drug-likeness (QED) is 0.650. The van der Waals surface area contributed by atoms with Crippen LogP contribution in [0.4, 0.5) is 24.7 Å². The van der Waals surface area contributed by atoms with Crippen LogP contribution >= 0.6 is 23.2 Å². The Morgan fingerprint density at radius 3 is 2.56 bits per heavy atom. The Labute approximate surface area is 192 Å². The molecule has 1 aromatic carbocycles. The number of rotatable bonds is 4. The predicted molar refractivity (Wildman–Crippen MR) is 115 cm³/mol. The van der Waals surface area contributed by atoms with Crippen molar-refractivity contribution in [3.63, 3.8) is 0 Å². The van der Waals surface area contributed by atoms with Crippen LogP contribution in [0.25, 0.3) is 0 Å². The molecule has 1 saturated heterocycles. The normalized spacial score (nSPS) is 18.2. The molecule has 3 heterocycles. The van der Waals surface area contributed by atoms with Crippen LogP contribution in [0.5, 0.6) is 5.75 Å². The van der Waals surface area contributed by atoms with E-state index in [0.29, 0.717) is 55.2 Å². The molecule has 0 atom stereocenters. The number of carbonyl (C=O) groups excluding carboxylic acids is 1. The van der Waals surface area contributed by atoms with Gasteiger partial charge < -0.3 is 20.1 Å². The fraction of sp³-hybridized carbons (Fsp3) is 0.429. The zero-order valence-electron chi connectivity index (χ0n) is 16.8. The summed E-state index contributed by atoms with van der Waals surface area (Å²) in [5.41, 5.74) is -0.709. The molecule has 2 aliphatic rings. The summed E-state index contributed by atoms with van der Waals surface area (Å²) in [6.07, 6.45) is -2.31. The van der Waals surface area contributed by atoms with Crippen molar-refractivity contribution in [2.45, 2.75) is 37.5 Å². The number of benzene rings is 1. The average molecular weight is 490 g/mol. The number of nitrogens with zero attached hydrogens (tertiary/aromatic N) is 2. The number of piperidine rings is 1. The molecule has 32 heavy (non-hydrogen) atoms. The molecule has 0 unspecified atom stereocenters. The molecule has 0 radical (unpaired) electrons. The molecule has 0 aliphatic carbocycles. The van der Waals surface area contributed by atoms with E-state index >= 15 is 0 Å². The van der Waals surface area contributed by atoms with Crippen LogP contribution < -0.4 is 15.0 Å². The van der Waals surface area contributed by atoms with E-state index in [0.717, 1.165) is 17.8 Å². The number of hydrogen-bond donors (Lipinski definition) is 2. The Kier molecular flexibility index (Phi) is 6.17. The number of fused-ring (bicyclic) bond motifs is 1. The summed E-state index contributed by atoms with van der Waals surface area (Å²) in [4.78, 5) is 17.3. The Bertz CT molecular complexity index is 1040. The second kappa shape index (κ2) is 8.61. The molecule has 0 spiro atoms. The van der Waals surface area contributed by atoms with Crippen LogP contribution in [-0.2, 0) is 17.4 Å². The van der Waals surface area contributed by atoms with Gasteiger partial charge in [0.1, 0.15) is 23.8 Å². The van der Waals surface area contributed by atoms with E-state index in [1.165, 1.54) is 0 Å². The molecule has 4 rings (SSSR count). The first-order chi connectivity index (χ1) is 15.1. The highest BCUT2D eigenvalue weighted by atomic mass is 35.5. The van der Waals surface area contributed by atoms with E-state index in [4.69, 9.17) is 27.9 Å². The summed E-state index contributed by atoms with van der Waals surface area (Å²) >= 11 is 12.2. The maximum Gasteiger partial charge on any atom is 0.417 e. The number of alkyl halides is 3. The maximum absolute atomic E-state index is 12.8. The van der Waals surface area contributed by atoms with Gasteiger partial charge in [0, 0.05) is 31.3 Å². The highest BCUT2D eigenvalue weighted by molar-refractivity contribution is 6.34. The Morgan fingerprint density at radius 1 is 1.19 bits per heavy atom. The molecule has 6 nitrogen and oxygen atoms in total. The third-order valence-electron chi connectivity index (χ3n) is 5.72. The van der Waals surface area contributed by atoms with Crippen LogP contribution in [0.2, 0.25) is 10.0 Å². The van der Waals surface area contributed by atoms with Gasteiger partial charge in [0.2, 0.25) is 5.91 Å².